The molecule has 1 atom stereocenters. The van der Waals surface area contributed by atoms with Crippen LogP contribution < -0.4 is 14.2 Å². The molecule has 0 spiro atoms. The van der Waals surface area contributed by atoms with E-state index < -0.39 is 21.1 Å². The summed E-state index contributed by atoms with van der Waals surface area (Å²) in [6.45, 7) is 1.47. The van der Waals surface area contributed by atoms with Crippen LogP contribution in [0.1, 0.15) is 12.7 Å². The summed E-state index contributed by atoms with van der Waals surface area (Å²) in [5.41, 5.74) is 0.331. The third-order valence-corrected chi connectivity index (χ3v) is 6.51. The first-order valence-electron chi connectivity index (χ1n) is 9.88. The number of ether oxygens (including phenoxy) is 2. The fourth-order valence-electron chi connectivity index (χ4n) is 3.13. The van der Waals surface area contributed by atoms with E-state index in [9.17, 15) is 12.8 Å². The van der Waals surface area contributed by atoms with E-state index in [1.54, 1.807) is 18.2 Å². The van der Waals surface area contributed by atoms with Crippen LogP contribution in [0.15, 0.2) is 47.5 Å². The molecule has 3 aromatic heterocycles. The highest BCUT2D eigenvalue weighted by Crippen LogP contribution is 2.37. The van der Waals surface area contributed by atoms with Gasteiger partial charge in [0.1, 0.15) is 29.3 Å². The number of aromatic nitrogens is 6. The lowest BCUT2D eigenvalue weighted by atomic mass is 10.2. The third kappa shape index (κ3) is 4.52. The summed E-state index contributed by atoms with van der Waals surface area (Å²) < 4.78 is 59.5. The third-order valence-electron chi connectivity index (χ3n) is 4.82. The first-order chi connectivity index (χ1) is 16.3. The van der Waals surface area contributed by atoms with E-state index in [2.05, 4.69) is 29.9 Å². The minimum atomic E-state index is -4.03. The lowest BCUT2D eigenvalue weighted by molar-refractivity contribution is 0.391. The normalized spacial score (nSPS) is 12.4. The maximum Gasteiger partial charge on any atom is 0.265 e. The zero-order chi connectivity index (χ0) is 24.3. The van der Waals surface area contributed by atoms with Gasteiger partial charge in [-0.15, -0.1) is 10.2 Å². The Morgan fingerprint density at radius 1 is 1.12 bits per heavy atom. The molecule has 0 aliphatic carbocycles. The van der Waals surface area contributed by atoms with E-state index in [4.69, 9.17) is 13.9 Å². The monoisotopic (exact) mass is 489 g/mol. The number of hydrogen-bond acceptors (Lipinski definition) is 10. The minimum absolute atomic E-state index is 0.0612. The number of nitrogens with one attached hydrogen (secondary N) is 1. The number of hydrogen-bond donors (Lipinski definition) is 1. The SMILES string of the molecule is COc1cccc(OC)c1-n1c(NS(=O)(=O)[C@H](C)Cc2ncc(F)cn2)nnc1-c1ncco1. The second-order valence-electron chi connectivity index (χ2n) is 7.01. The molecule has 34 heavy (non-hydrogen) atoms. The summed E-state index contributed by atoms with van der Waals surface area (Å²) in [6, 6.07) is 5.05. The number of benzene rings is 1. The first-order valence-corrected chi connectivity index (χ1v) is 11.4. The summed E-state index contributed by atoms with van der Waals surface area (Å²) in [7, 11) is -1.11. The molecule has 0 bridgehead atoms. The standard InChI is InChI=1S/C20H20FN7O5S/c1-12(9-16-23-10-13(21)11-24-16)34(29,30)27-20-26-25-18(19-22-7-8-33-19)28(20)17-14(31-2)5-4-6-15(17)32-3/h4-8,10-12H,9H2,1-3H3,(H,26,27)/t12-/m1/s1. The highest BCUT2D eigenvalue weighted by molar-refractivity contribution is 7.93. The van der Waals surface area contributed by atoms with Crippen LogP contribution in [0, 0.1) is 5.82 Å². The molecule has 0 amide bonds. The lowest BCUT2D eigenvalue weighted by Gasteiger charge is -2.18. The van der Waals surface area contributed by atoms with E-state index >= 15 is 0 Å². The number of sulfonamides is 1. The second kappa shape index (κ2) is 9.43. The number of para-hydroxylation sites is 1. The van der Waals surface area contributed by atoms with Gasteiger partial charge in [-0.1, -0.05) is 6.07 Å². The van der Waals surface area contributed by atoms with Crippen LogP contribution in [0.25, 0.3) is 17.4 Å². The molecule has 4 rings (SSSR count). The summed E-state index contributed by atoms with van der Waals surface area (Å²) >= 11 is 0. The molecule has 14 heteroatoms. The Hall–Kier alpha value is -4.07. The van der Waals surface area contributed by atoms with Gasteiger partial charge in [0.2, 0.25) is 21.8 Å². The van der Waals surface area contributed by atoms with Gasteiger partial charge in [-0.05, 0) is 19.1 Å². The van der Waals surface area contributed by atoms with E-state index in [0.29, 0.717) is 17.2 Å². The Kier molecular flexibility index (Phi) is 6.40. The summed E-state index contributed by atoms with van der Waals surface area (Å²) in [4.78, 5) is 11.7. The predicted octanol–water partition coefficient (Wildman–Crippen LogP) is 2.24. The van der Waals surface area contributed by atoms with Gasteiger partial charge in [-0.3, -0.25) is 4.72 Å². The zero-order valence-corrected chi connectivity index (χ0v) is 19.2. The van der Waals surface area contributed by atoms with Crippen molar-refractivity contribution in [2.75, 3.05) is 18.9 Å². The van der Waals surface area contributed by atoms with Crippen LogP contribution in [0.4, 0.5) is 10.3 Å². The number of rotatable bonds is 9. The summed E-state index contributed by atoms with van der Waals surface area (Å²) in [5.74, 6) is 0.338. The van der Waals surface area contributed by atoms with Crippen molar-refractivity contribution in [1.82, 2.24) is 29.7 Å². The topological polar surface area (TPSA) is 147 Å². The molecule has 0 saturated heterocycles. The maximum absolute atomic E-state index is 13.1. The van der Waals surface area contributed by atoms with Crippen LogP contribution in [-0.2, 0) is 16.4 Å². The quantitative estimate of drug-likeness (QED) is 0.371. The molecular weight excluding hydrogens is 469 g/mol. The van der Waals surface area contributed by atoms with E-state index in [1.165, 1.54) is 38.2 Å². The van der Waals surface area contributed by atoms with Crippen LogP contribution in [-0.4, -0.2) is 57.6 Å². The molecule has 0 fully saturated rings. The molecule has 178 valence electrons. The molecule has 1 N–H and O–H groups in total. The summed E-state index contributed by atoms with van der Waals surface area (Å²) in [5, 5.41) is 7.10. The van der Waals surface area contributed by atoms with Crippen LogP contribution in [0.5, 0.6) is 11.5 Å². The number of methoxy groups -OCH3 is 2. The van der Waals surface area contributed by atoms with E-state index in [-0.39, 0.29) is 29.9 Å². The Morgan fingerprint density at radius 2 is 1.79 bits per heavy atom. The minimum Gasteiger partial charge on any atom is -0.494 e. The average Bonchev–Trinajstić information content (AvgIpc) is 3.49. The highest BCUT2D eigenvalue weighted by atomic mass is 32.2. The Bertz CT molecular complexity index is 1350. The fraction of sp³-hybridized carbons (Fsp3) is 0.250. The molecule has 0 unspecified atom stereocenters. The largest absolute Gasteiger partial charge is 0.494 e. The van der Waals surface area contributed by atoms with Crippen molar-refractivity contribution in [3.05, 3.63) is 54.7 Å². The maximum atomic E-state index is 13.1. The van der Waals surface area contributed by atoms with Gasteiger partial charge in [-0.25, -0.2) is 32.3 Å². The van der Waals surface area contributed by atoms with Crippen LogP contribution >= 0.6 is 0 Å². The van der Waals surface area contributed by atoms with Crippen molar-refractivity contribution < 1.29 is 26.7 Å². The number of anilines is 1. The summed E-state index contributed by atoms with van der Waals surface area (Å²) in [6.07, 6.45) is 4.66. The molecule has 0 radical (unpaired) electrons. The van der Waals surface area contributed by atoms with Crippen molar-refractivity contribution in [2.45, 2.75) is 18.6 Å². The smallest absolute Gasteiger partial charge is 0.265 e. The van der Waals surface area contributed by atoms with Gasteiger partial charge in [0.15, 0.2) is 5.82 Å². The average molecular weight is 489 g/mol. The molecular formula is C20H20FN7O5S. The molecule has 12 nitrogen and oxygen atoms in total. The molecule has 0 aliphatic heterocycles. The van der Waals surface area contributed by atoms with Gasteiger partial charge >= 0.3 is 0 Å². The Morgan fingerprint density at radius 3 is 2.38 bits per heavy atom. The van der Waals surface area contributed by atoms with Crippen LogP contribution in [0.3, 0.4) is 0 Å². The molecule has 0 saturated carbocycles. The number of nitrogens with zero attached hydrogens (tertiary/aromatic N) is 6. The predicted molar refractivity (Wildman–Crippen MR) is 118 cm³/mol. The van der Waals surface area contributed by atoms with Gasteiger partial charge < -0.3 is 13.9 Å². The zero-order valence-electron chi connectivity index (χ0n) is 18.3. The molecule has 1 aromatic carbocycles. The van der Waals surface area contributed by atoms with Gasteiger partial charge in [0.05, 0.1) is 38.1 Å². The van der Waals surface area contributed by atoms with Crippen molar-refractivity contribution in [3.8, 4) is 28.9 Å². The van der Waals surface area contributed by atoms with Gasteiger partial charge in [0, 0.05) is 6.42 Å². The highest BCUT2D eigenvalue weighted by Gasteiger charge is 2.29. The van der Waals surface area contributed by atoms with Crippen molar-refractivity contribution in [3.63, 3.8) is 0 Å². The molecule has 0 aliphatic rings. The number of halogens is 1. The van der Waals surface area contributed by atoms with E-state index in [0.717, 1.165) is 12.4 Å². The Labute approximate surface area is 193 Å². The van der Waals surface area contributed by atoms with Gasteiger partial charge in [0.25, 0.3) is 5.89 Å². The number of oxazole rings is 1. The van der Waals surface area contributed by atoms with E-state index in [1.807, 2.05) is 0 Å². The Balaban J connectivity index is 1.77. The van der Waals surface area contributed by atoms with Crippen LogP contribution in [0.2, 0.25) is 0 Å². The first kappa shape index (κ1) is 23.1. The van der Waals surface area contributed by atoms with Crippen molar-refractivity contribution in [2.24, 2.45) is 0 Å². The molecule has 4 aromatic rings. The van der Waals surface area contributed by atoms with Crippen molar-refractivity contribution in [1.29, 1.82) is 0 Å². The fourth-order valence-corrected chi connectivity index (χ4v) is 4.08. The second-order valence-corrected chi connectivity index (χ2v) is 9.11. The molecule has 3 heterocycles. The lowest BCUT2D eigenvalue weighted by Crippen LogP contribution is -2.29. The van der Waals surface area contributed by atoms with Gasteiger partial charge in [-0.2, -0.15) is 0 Å². The van der Waals surface area contributed by atoms with Crippen molar-refractivity contribution >= 4 is 16.0 Å².